The van der Waals surface area contributed by atoms with Crippen molar-refractivity contribution in [1.82, 2.24) is 0 Å². The minimum absolute atomic E-state index is 0.706. The molecular formula is C9H22O3SSi. The van der Waals surface area contributed by atoms with E-state index < -0.39 is 8.80 Å². The fraction of sp³-hybridized carbons (Fsp3) is 1.00. The van der Waals surface area contributed by atoms with Gasteiger partial charge in [0.25, 0.3) is 0 Å². The van der Waals surface area contributed by atoms with Gasteiger partial charge in [-0.1, -0.05) is 13.8 Å². The molecule has 0 radical (unpaired) electrons. The highest BCUT2D eigenvalue weighted by atomic mass is 32.1. The summed E-state index contributed by atoms with van der Waals surface area (Å²) in [4.78, 5) is 0. The van der Waals surface area contributed by atoms with Gasteiger partial charge in [-0.3, -0.25) is 0 Å². The molecule has 0 aromatic rings. The van der Waals surface area contributed by atoms with Crippen LogP contribution in [0.3, 0.4) is 0 Å². The first-order valence-corrected chi connectivity index (χ1v) is 7.75. The topological polar surface area (TPSA) is 27.7 Å². The molecule has 0 saturated heterocycles. The van der Waals surface area contributed by atoms with Crippen LogP contribution in [0.15, 0.2) is 0 Å². The molecule has 0 atom stereocenters. The predicted molar refractivity (Wildman–Crippen MR) is 63.9 cm³/mol. The smallest absolute Gasteiger partial charge is 0.377 e. The zero-order chi connectivity index (χ0) is 10.9. The Labute approximate surface area is 93.9 Å². The molecule has 0 aliphatic carbocycles. The molecule has 0 spiro atoms. The lowest BCUT2D eigenvalue weighted by Crippen LogP contribution is -2.45. The van der Waals surface area contributed by atoms with E-state index in [4.69, 9.17) is 13.3 Å². The Kier molecular flexibility index (Phi) is 9.01. The van der Waals surface area contributed by atoms with E-state index in [9.17, 15) is 0 Å². The lowest BCUT2D eigenvalue weighted by molar-refractivity contribution is 0.0790. The molecular weight excluding hydrogens is 216 g/mol. The molecule has 3 nitrogen and oxygen atoms in total. The molecule has 0 N–H and O–H groups in total. The minimum atomic E-state index is -2.39. The van der Waals surface area contributed by atoms with Gasteiger partial charge in [-0.2, -0.15) is 12.6 Å². The first-order valence-electron chi connectivity index (χ1n) is 5.18. The van der Waals surface area contributed by atoms with Gasteiger partial charge >= 0.3 is 8.80 Å². The first kappa shape index (κ1) is 14.4. The van der Waals surface area contributed by atoms with Gasteiger partial charge in [0.05, 0.1) is 0 Å². The van der Waals surface area contributed by atoms with E-state index >= 15 is 0 Å². The highest BCUT2D eigenvalue weighted by Gasteiger charge is 2.38. The lowest BCUT2D eigenvalue weighted by Gasteiger charge is -2.27. The lowest BCUT2D eigenvalue weighted by atomic mass is 10.5. The molecule has 0 aliphatic heterocycles. The standard InChI is InChI=1S/C9H22O3SSi/c1-4-6-11-14(10-3,9-8-13)12-7-5-2/h13H,4-9H2,1-3H3. The van der Waals surface area contributed by atoms with Gasteiger partial charge < -0.3 is 13.3 Å². The molecule has 0 aromatic carbocycles. The second-order valence-corrected chi connectivity index (χ2v) is 6.36. The Morgan fingerprint density at radius 1 is 1.07 bits per heavy atom. The van der Waals surface area contributed by atoms with Gasteiger partial charge in [0.2, 0.25) is 0 Å². The quantitative estimate of drug-likeness (QED) is 0.493. The molecule has 0 unspecified atom stereocenters. The summed E-state index contributed by atoms with van der Waals surface area (Å²) in [5.74, 6) is 0.744. The zero-order valence-electron chi connectivity index (χ0n) is 9.41. The average molecular weight is 238 g/mol. The summed E-state index contributed by atoms with van der Waals surface area (Å²) in [5, 5.41) is 0. The van der Waals surface area contributed by atoms with Crippen molar-refractivity contribution in [3.05, 3.63) is 0 Å². The molecule has 0 amide bonds. The van der Waals surface area contributed by atoms with Gasteiger partial charge in [0.15, 0.2) is 0 Å². The molecule has 0 heterocycles. The van der Waals surface area contributed by atoms with E-state index in [1.165, 1.54) is 0 Å². The Morgan fingerprint density at radius 3 is 1.86 bits per heavy atom. The monoisotopic (exact) mass is 238 g/mol. The van der Waals surface area contributed by atoms with Crippen LogP contribution in [-0.2, 0) is 13.3 Å². The SMILES string of the molecule is CCCO[Si](CCS)(OC)OCCC. The van der Waals surface area contributed by atoms with Crippen molar-refractivity contribution in [3.8, 4) is 0 Å². The van der Waals surface area contributed by atoms with Crippen LogP contribution in [0.25, 0.3) is 0 Å². The van der Waals surface area contributed by atoms with Crippen molar-refractivity contribution < 1.29 is 13.3 Å². The third kappa shape index (κ3) is 5.36. The van der Waals surface area contributed by atoms with Crippen LogP contribution in [-0.4, -0.2) is 34.9 Å². The van der Waals surface area contributed by atoms with Crippen molar-refractivity contribution >= 4 is 21.4 Å². The van der Waals surface area contributed by atoms with Gasteiger partial charge in [-0.25, -0.2) is 0 Å². The summed E-state index contributed by atoms with van der Waals surface area (Å²) in [6, 6.07) is 0.784. The molecule has 0 saturated carbocycles. The zero-order valence-corrected chi connectivity index (χ0v) is 11.3. The number of hydrogen-bond acceptors (Lipinski definition) is 4. The second-order valence-electron chi connectivity index (χ2n) is 3.06. The maximum absolute atomic E-state index is 5.72. The molecule has 14 heavy (non-hydrogen) atoms. The number of thiol groups is 1. The molecule has 0 aromatic heterocycles. The van der Waals surface area contributed by atoms with E-state index in [2.05, 4.69) is 26.5 Å². The van der Waals surface area contributed by atoms with Crippen LogP contribution in [0.4, 0.5) is 0 Å². The fourth-order valence-corrected chi connectivity index (χ4v) is 4.00. The van der Waals surface area contributed by atoms with E-state index in [1.54, 1.807) is 7.11 Å². The molecule has 0 rings (SSSR count). The van der Waals surface area contributed by atoms with Crippen LogP contribution < -0.4 is 0 Å². The molecule has 86 valence electrons. The van der Waals surface area contributed by atoms with Crippen LogP contribution in [0.5, 0.6) is 0 Å². The summed E-state index contributed by atoms with van der Waals surface area (Å²) in [7, 11) is -0.720. The molecule has 5 heteroatoms. The van der Waals surface area contributed by atoms with Crippen LogP contribution in [0.2, 0.25) is 6.04 Å². The predicted octanol–water partition coefficient (Wildman–Crippen LogP) is 2.35. The minimum Gasteiger partial charge on any atom is -0.377 e. The van der Waals surface area contributed by atoms with Crippen LogP contribution in [0.1, 0.15) is 26.7 Å². The van der Waals surface area contributed by atoms with E-state index in [-0.39, 0.29) is 0 Å². The summed E-state index contributed by atoms with van der Waals surface area (Å²) < 4.78 is 16.9. The average Bonchev–Trinajstić information content (AvgIpc) is 2.22. The third-order valence-corrected chi connectivity index (χ3v) is 5.20. The first-order chi connectivity index (χ1) is 6.74. The summed E-state index contributed by atoms with van der Waals surface area (Å²) in [5.41, 5.74) is 0. The van der Waals surface area contributed by atoms with Crippen molar-refractivity contribution in [3.63, 3.8) is 0 Å². The maximum atomic E-state index is 5.72. The van der Waals surface area contributed by atoms with Crippen molar-refractivity contribution in [2.24, 2.45) is 0 Å². The Bertz CT molecular complexity index is 127. The van der Waals surface area contributed by atoms with Gasteiger partial charge in [0, 0.05) is 26.4 Å². The molecule has 0 aliphatic rings. The van der Waals surface area contributed by atoms with Gasteiger partial charge in [0.1, 0.15) is 0 Å². The summed E-state index contributed by atoms with van der Waals surface area (Å²) in [6.45, 7) is 5.57. The van der Waals surface area contributed by atoms with Crippen molar-refractivity contribution in [1.29, 1.82) is 0 Å². The summed E-state index contributed by atoms with van der Waals surface area (Å²) >= 11 is 4.21. The third-order valence-electron chi connectivity index (χ3n) is 1.78. The molecule has 0 bridgehead atoms. The van der Waals surface area contributed by atoms with E-state index in [0.29, 0.717) is 13.2 Å². The van der Waals surface area contributed by atoms with E-state index in [1.807, 2.05) is 0 Å². The van der Waals surface area contributed by atoms with Gasteiger partial charge in [-0.15, -0.1) is 0 Å². The fourth-order valence-electron chi connectivity index (χ4n) is 1.06. The highest BCUT2D eigenvalue weighted by Crippen LogP contribution is 2.16. The Hall–Kier alpha value is 0.447. The second kappa shape index (κ2) is 8.73. The largest absolute Gasteiger partial charge is 0.501 e. The number of hydrogen-bond donors (Lipinski definition) is 1. The maximum Gasteiger partial charge on any atom is 0.501 e. The Morgan fingerprint density at radius 2 is 1.57 bits per heavy atom. The molecule has 0 fully saturated rings. The van der Waals surface area contributed by atoms with Crippen molar-refractivity contribution in [2.75, 3.05) is 26.1 Å². The van der Waals surface area contributed by atoms with Crippen LogP contribution >= 0.6 is 12.6 Å². The Balaban J connectivity index is 4.11. The van der Waals surface area contributed by atoms with Crippen molar-refractivity contribution in [2.45, 2.75) is 32.7 Å². The number of rotatable bonds is 9. The van der Waals surface area contributed by atoms with Crippen LogP contribution in [0, 0.1) is 0 Å². The van der Waals surface area contributed by atoms with Gasteiger partial charge in [-0.05, 0) is 18.6 Å². The summed E-state index contributed by atoms with van der Waals surface area (Å²) in [6.07, 6.45) is 1.97. The highest BCUT2D eigenvalue weighted by molar-refractivity contribution is 7.80. The normalized spacial score (nSPS) is 12.0. The van der Waals surface area contributed by atoms with E-state index in [0.717, 1.165) is 24.6 Å².